The number of nitrogens with one attached hydrogen (secondary N) is 1. The fraction of sp³-hybridized carbons (Fsp3) is 0.300. The van der Waals surface area contributed by atoms with Gasteiger partial charge < -0.3 is 15.3 Å². The number of carboxylic acids is 1. The summed E-state index contributed by atoms with van der Waals surface area (Å²) in [5.74, 6) is -1.09. The number of hydrogen-bond donors (Lipinski definition) is 2. The predicted octanol–water partition coefficient (Wildman–Crippen LogP) is 3.83. The fourth-order valence-corrected chi connectivity index (χ4v) is 3.40. The van der Waals surface area contributed by atoms with Crippen LogP contribution in [0.2, 0.25) is 0 Å². The monoisotopic (exact) mass is 338 g/mol. The number of rotatable bonds is 5. The second-order valence-corrected chi connectivity index (χ2v) is 6.36. The minimum atomic E-state index is -0.949. The van der Waals surface area contributed by atoms with Gasteiger partial charge in [-0.15, -0.1) is 0 Å². The molecule has 130 valence electrons. The van der Waals surface area contributed by atoms with Crippen LogP contribution in [0.5, 0.6) is 0 Å². The Morgan fingerprint density at radius 3 is 2.48 bits per heavy atom. The number of amides is 1. The van der Waals surface area contributed by atoms with Crippen molar-refractivity contribution in [2.75, 3.05) is 10.2 Å². The third-order valence-electron chi connectivity index (χ3n) is 4.53. The fourth-order valence-electron chi connectivity index (χ4n) is 3.40. The highest BCUT2D eigenvalue weighted by atomic mass is 16.4. The molecule has 2 N–H and O–H groups in total. The molecule has 0 saturated carbocycles. The summed E-state index contributed by atoms with van der Waals surface area (Å²) in [5.41, 5.74) is 2.97. The number of carbonyl (C=O) groups excluding carboxylic acids is 1. The molecule has 0 aliphatic carbocycles. The number of carboxylic acid groups (broad SMARTS) is 1. The van der Waals surface area contributed by atoms with Gasteiger partial charge >= 0.3 is 5.97 Å². The maximum Gasteiger partial charge on any atom is 0.303 e. The van der Waals surface area contributed by atoms with Gasteiger partial charge in [-0.1, -0.05) is 36.4 Å². The van der Waals surface area contributed by atoms with Gasteiger partial charge in [0.05, 0.1) is 12.5 Å². The summed E-state index contributed by atoms with van der Waals surface area (Å²) in [6, 6.07) is 17.9. The van der Waals surface area contributed by atoms with E-state index < -0.39 is 5.97 Å². The van der Waals surface area contributed by atoms with E-state index in [9.17, 15) is 9.59 Å². The van der Waals surface area contributed by atoms with Crippen LogP contribution in [0.15, 0.2) is 54.6 Å². The Bertz CT molecular complexity index is 761. The lowest BCUT2D eigenvalue weighted by Gasteiger charge is -2.40. The minimum absolute atomic E-state index is 0.00240. The van der Waals surface area contributed by atoms with Crippen molar-refractivity contribution in [3.63, 3.8) is 0 Å². The molecular formula is C20H22N2O3. The zero-order chi connectivity index (χ0) is 17.8. The average Bonchev–Trinajstić information content (AvgIpc) is 2.61. The van der Waals surface area contributed by atoms with Gasteiger partial charge in [0, 0.05) is 23.8 Å². The van der Waals surface area contributed by atoms with Crippen LogP contribution < -0.4 is 10.2 Å². The molecule has 1 amide bonds. The number of anilines is 2. The SMILES string of the molecule is C[C@@H]1C[C@H](Nc2ccccc2)c2ccccc2N1C(=O)CCC(=O)O. The highest BCUT2D eigenvalue weighted by Crippen LogP contribution is 2.39. The Morgan fingerprint density at radius 2 is 1.76 bits per heavy atom. The maximum atomic E-state index is 12.6. The van der Waals surface area contributed by atoms with E-state index in [4.69, 9.17) is 5.11 Å². The summed E-state index contributed by atoms with van der Waals surface area (Å²) < 4.78 is 0. The number of benzene rings is 2. The molecule has 25 heavy (non-hydrogen) atoms. The molecule has 0 unspecified atom stereocenters. The van der Waals surface area contributed by atoms with Gasteiger partial charge in [-0.25, -0.2) is 0 Å². The van der Waals surface area contributed by atoms with Crippen molar-refractivity contribution in [2.45, 2.75) is 38.3 Å². The highest BCUT2D eigenvalue weighted by Gasteiger charge is 2.33. The lowest BCUT2D eigenvalue weighted by molar-refractivity contribution is -0.138. The highest BCUT2D eigenvalue weighted by molar-refractivity contribution is 5.96. The summed E-state index contributed by atoms with van der Waals surface area (Å²) in [6.07, 6.45) is 0.644. The van der Waals surface area contributed by atoms with Gasteiger partial charge in [0.1, 0.15) is 0 Å². The van der Waals surface area contributed by atoms with Crippen LogP contribution in [0.4, 0.5) is 11.4 Å². The molecule has 0 fully saturated rings. The molecular weight excluding hydrogens is 316 g/mol. The molecule has 1 aliphatic heterocycles. The van der Waals surface area contributed by atoms with E-state index in [1.54, 1.807) is 4.90 Å². The van der Waals surface area contributed by atoms with E-state index in [1.165, 1.54) is 0 Å². The molecule has 1 aliphatic rings. The number of nitrogens with zero attached hydrogens (tertiary/aromatic N) is 1. The number of hydrogen-bond acceptors (Lipinski definition) is 3. The molecule has 2 aromatic rings. The molecule has 5 nitrogen and oxygen atoms in total. The molecule has 0 aromatic heterocycles. The summed E-state index contributed by atoms with van der Waals surface area (Å²) in [6.45, 7) is 2.01. The van der Waals surface area contributed by atoms with E-state index in [0.717, 1.165) is 23.4 Å². The second kappa shape index (κ2) is 7.38. The van der Waals surface area contributed by atoms with E-state index in [1.807, 2.05) is 61.5 Å². The minimum Gasteiger partial charge on any atom is -0.481 e. The molecule has 1 heterocycles. The molecule has 3 rings (SSSR count). The van der Waals surface area contributed by atoms with E-state index in [0.29, 0.717) is 0 Å². The van der Waals surface area contributed by atoms with Crippen molar-refractivity contribution < 1.29 is 14.7 Å². The Hall–Kier alpha value is -2.82. The van der Waals surface area contributed by atoms with Crippen LogP contribution in [-0.4, -0.2) is 23.0 Å². The first kappa shape index (κ1) is 17.0. The van der Waals surface area contributed by atoms with Gasteiger partial charge in [-0.3, -0.25) is 9.59 Å². The zero-order valence-corrected chi connectivity index (χ0v) is 14.2. The molecule has 2 atom stereocenters. The zero-order valence-electron chi connectivity index (χ0n) is 14.2. The number of carbonyl (C=O) groups is 2. The largest absolute Gasteiger partial charge is 0.481 e. The van der Waals surface area contributed by atoms with Crippen molar-refractivity contribution in [3.8, 4) is 0 Å². The average molecular weight is 338 g/mol. The quantitative estimate of drug-likeness (QED) is 0.869. The Balaban J connectivity index is 1.87. The third kappa shape index (κ3) is 3.82. The normalized spacial score (nSPS) is 19.2. The first-order valence-electron chi connectivity index (χ1n) is 8.50. The van der Waals surface area contributed by atoms with Crippen molar-refractivity contribution in [1.29, 1.82) is 0 Å². The first-order chi connectivity index (χ1) is 12.1. The van der Waals surface area contributed by atoms with Crippen LogP contribution in [0.25, 0.3) is 0 Å². The van der Waals surface area contributed by atoms with Crippen molar-refractivity contribution in [3.05, 3.63) is 60.2 Å². The molecule has 0 radical (unpaired) electrons. The van der Waals surface area contributed by atoms with Crippen LogP contribution in [0.1, 0.15) is 37.8 Å². The maximum absolute atomic E-state index is 12.6. The molecule has 0 saturated heterocycles. The number of para-hydroxylation sites is 2. The number of aliphatic carboxylic acids is 1. The predicted molar refractivity (Wildman–Crippen MR) is 97.7 cm³/mol. The third-order valence-corrected chi connectivity index (χ3v) is 4.53. The molecule has 0 bridgehead atoms. The van der Waals surface area contributed by atoms with Crippen molar-refractivity contribution in [2.24, 2.45) is 0 Å². The molecule has 5 heteroatoms. The van der Waals surface area contributed by atoms with Crippen LogP contribution in [0, 0.1) is 0 Å². The summed E-state index contributed by atoms with van der Waals surface area (Å²) >= 11 is 0. The molecule has 2 aromatic carbocycles. The van der Waals surface area contributed by atoms with Crippen LogP contribution in [-0.2, 0) is 9.59 Å². The standard InChI is InChI=1S/C20H22N2O3/c1-14-13-17(21-15-7-3-2-4-8-15)16-9-5-6-10-18(16)22(14)19(23)11-12-20(24)25/h2-10,14,17,21H,11-13H2,1H3,(H,24,25)/t14-,17+/m1/s1. The van der Waals surface area contributed by atoms with Crippen LogP contribution in [0.3, 0.4) is 0 Å². The van der Waals surface area contributed by atoms with Crippen molar-refractivity contribution in [1.82, 2.24) is 0 Å². The topological polar surface area (TPSA) is 69.6 Å². The lowest BCUT2D eigenvalue weighted by atomic mass is 9.91. The Morgan fingerprint density at radius 1 is 1.08 bits per heavy atom. The van der Waals surface area contributed by atoms with Gasteiger partial charge in [0.25, 0.3) is 0 Å². The van der Waals surface area contributed by atoms with Gasteiger partial charge in [-0.2, -0.15) is 0 Å². The first-order valence-corrected chi connectivity index (χ1v) is 8.50. The van der Waals surface area contributed by atoms with Crippen molar-refractivity contribution >= 4 is 23.3 Å². The van der Waals surface area contributed by atoms with Crippen LogP contribution >= 0.6 is 0 Å². The van der Waals surface area contributed by atoms with Gasteiger partial charge in [0.15, 0.2) is 0 Å². The summed E-state index contributed by atoms with van der Waals surface area (Å²) in [7, 11) is 0. The Kier molecular flexibility index (Phi) is 5.03. The van der Waals surface area contributed by atoms with E-state index >= 15 is 0 Å². The van der Waals surface area contributed by atoms with Gasteiger partial charge in [0.2, 0.25) is 5.91 Å². The second-order valence-electron chi connectivity index (χ2n) is 6.36. The van der Waals surface area contributed by atoms with Gasteiger partial charge in [-0.05, 0) is 37.1 Å². The van der Waals surface area contributed by atoms with E-state index in [-0.39, 0.29) is 30.8 Å². The molecule has 0 spiro atoms. The Labute approximate surface area is 147 Å². The smallest absolute Gasteiger partial charge is 0.303 e. The summed E-state index contributed by atoms with van der Waals surface area (Å²) in [4.78, 5) is 25.1. The van der Waals surface area contributed by atoms with E-state index in [2.05, 4.69) is 5.32 Å². The summed E-state index contributed by atoms with van der Waals surface area (Å²) in [5, 5.41) is 12.4. The number of fused-ring (bicyclic) bond motifs is 1. The lowest BCUT2D eigenvalue weighted by Crippen LogP contribution is -2.44.